The maximum atomic E-state index is 11.8. The van der Waals surface area contributed by atoms with Gasteiger partial charge in [-0.2, -0.15) is 0 Å². The van der Waals surface area contributed by atoms with E-state index in [0.717, 1.165) is 32.5 Å². The third-order valence-electron chi connectivity index (χ3n) is 3.58. The molecule has 3 nitrogen and oxygen atoms in total. The molecular formula is C12H22N2O. The zero-order valence-electron chi connectivity index (χ0n) is 9.50. The minimum absolute atomic E-state index is 0.375. The van der Waals surface area contributed by atoms with Crippen LogP contribution in [0.3, 0.4) is 0 Å². The summed E-state index contributed by atoms with van der Waals surface area (Å²) < 4.78 is 0. The van der Waals surface area contributed by atoms with E-state index in [9.17, 15) is 4.79 Å². The van der Waals surface area contributed by atoms with E-state index in [-0.39, 0.29) is 0 Å². The van der Waals surface area contributed by atoms with Crippen molar-refractivity contribution in [2.24, 2.45) is 0 Å². The van der Waals surface area contributed by atoms with E-state index in [1.165, 1.54) is 32.1 Å². The molecule has 86 valence electrons. The summed E-state index contributed by atoms with van der Waals surface area (Å²) in [5, 5.41) is 3.49. The fourth-order valence-corrected chi connectivity index (χ4v) is 2.59. The highest BCUT2D eigenvalue weighted by Crippen LogP contribution is 2.14. The second-order valence-corrected chi connectivity index (χ2v) is 4.77. The molecule has 0 bridgehead atoms. The molecule has 1 atom stereocenters. The van der Waals surface area contributed by atoms with E-state index < -0.39 is 0 Å². The Morgan fingerprint density at radius 3 is 2.67 bits per heavy atom. The monoisotopic (exact) mass is 210 g/mol. The van der Waals surface area contributed by atoms with Crippen LogP contribution >= 0.6 is 0 Å². The average molecular weight is 210 g/mol. The largest absolute Gasteiger partial charge is 0.343 e. The molecule has 2 aliphatic heterocycles. The molecule has 0 saturated carbocycles. The number of carbonyl (C=O) groups excluding carboxylic acids is 1. The first-order valence-electron chi connectivity index (χ1n) is 6.37. The van der Waals surface area contributed by atoms with Crippen LogP contribution in [0.2, 0.25) is 0 Å². The van der Waals surface area contributed by atoms with Crippen molar-refractivity contribution < 1.29 is 4.79 Å². The lowest BCUT2D eigenvalue weighted by Gasteiger charge is -2.24. The van der Waals surface area contributed by atoms with E-state index in [1.54, 1.807) is 0 Å². The van der Waals surface area contributed by atoms with Gasteiger partial charge >= 0.3 is 0 Å². The van der Waals surface area contributed by atoms with Gasteiger partial charge < -0.3 is 10.2 Å². The van der Waals surface area contributed by atoms with Crippen molar-refractivity contribution in [2.45, 2.75) is 51.0 Å². The van der Waals surface area contributed by atoms with Crippen LogP contribution in [0, 0.1) is 0 Å². The molecule has 0 aliphatic carbocycles. The molecule has 2 aliphatic rings. The molecule has 0 unspecified atom stereocenters. The van der Waals surface area contributed by atoms with Crippen LogP contribution in [0.25, 0.3) is 0 Å². The Balaban J connectivity index is 1.65. The molecule has 0 aromatic heterocycles. The molecule has 2 heterocycles. The van der Waals surface area contributed by atoms with Gasteiger partial charge in [-0.25, -0.2) is 0 Å². The summed E-state index contributed by atoms with van der Waals surface area (Å²) in [6, 6.07) is 0.602. The molecular weight excluding hydrogens is 188 g/mol. The first kappa shape index (κ1) is 10.9. The molecule has 3 heteroatoms. The number of nitrogens with one attached hydrogen (secondary N) is 1. The Kier molecular flexibility index (Phi) is 4.01. The fraction of sp³-hybridized carbons (Fsp3) is 0.917. The molecule has 0 aromatic rings. The normalized spacial score (nSPS) is 26.9. The number of carbonyl (C=O) groups is 1. The van der Waals surface area contributed by atoms with Gasteiger partial charge in [0.2, 0.25) is 5.91 Å². The summed E-state index contributed by atoms with van der Waals surface area (Å²) in [5.41, 5.74) is 0. The highest BCUT2D eigenvalue weighted by atomic mass is 16.2. The molecule has 1 amide bonds. The highest BCUT2D eigenvalue weighted by molar-refractivity contribution is 5.76. The van der Waals surface area contributed by atoms with Gasteiger partial charge in [-0.1, -0.05) is 6.42 Å². The van der Waals surface area contributed by atoms with Crippen molar-refractivity contribution >= 4 is 5.91 Å². The predicted molar refractivity (Wildman–Crippen MR) is 60.7 cm³/mol. The van der Waals surface area contributed by atoms with Crippen LogP contribution in [0.1, 0.15) is 44.9 Å². The molecule has 2 saturated heterocycles. The van der Waals surface area contributed by atoms with E-state index in [1.807, 2.05) is 4.90 Å². The van der Waals surface area contributed by atoms with Gasteiger partial charge in [0.25, 0.3) is 0 Å². The minimum atomic E-state index is 0.375. The van der Waals surface area contributed by atoms with Crippen molar-refractivity contribution in [3.63, 3.8) is 0 Å². The number of hydrogen-bond donors (Lipinski definition) is 1. The van der Waals surface area contributed by atoms with E-state index >= 15 is 0 Å². The van der Waals surface area contributed by atoms with Crippen molar-refractivity contribution in [3.8, 4) is 0 Å². The molecule has 0 radical (unpaired) electrons. The summed E-state index contributed by atoms with van der Waals surface area (Å²) in [5.74, 6) is 0.375. The number of hydrogen-bond acceptors (Lipinski definition) is 2. The third-order valence-corrected chi connectivity index (χ3v) is 3.58. The van der Waals surface area contributed by atoms with Gasteiger partial charge in [0.15, 0.2) is 0 Å². The average Bonchev–Trinajstić information content (AvgIpc) is 2.81. The second kappa shape index (κ2) is 5.50. The predicted octanol–water partition coefficient (Wildman–Crippen LogP) is 1.53. The van der Waals surface area contributed by atoms with E-state index in [4.69, 9.17) is 0 Å². The number of likely N-dealkylation sites (tertiary alicyclic amines) is 1. The number of nitrogens with zero attached hydrogens (tertiary/aromatic N) is 1. The number of rotatable bonds is 3. The van der Waals surface area contributed by atoms with Gasteiger partial charge in [-0.3, -0.25) is 4.79 Å². The van der Waals surface area contributed by atoms with Crippen molar-refractivity contribution in [1.82, 2.24) is 10.2 Å². The topological polar surface area (TPSA) is 32.3 Å². The van der Waals surface area contributed by atoms with Gasteiger partial charge in [0.05, 0.1) is 0 Å². The number of piperidine rings is 1. The van der Waals surface area contributed by atoms with Crippen LogP contribution < -0.4 is 5.32 Å². The maximum absolute atomic E-state index is 11.8. The molecule has 2 fully saturated rings. The highest BCUT2D eigenvalue weighted by Gasteiger charge is 2.19. The lowest BCUT2D eigenvalue weighted by Crippen LogP contribution is -2.36. The maximum Gasteiger partial charge on any atom is 0.222 e. The Morgan fingerprint density at radius 2 is 2.00 bits per heavy atom. The van der Waals surface area contributed by atoms with Gasteiger partial charge in [-0.15, -0.1) is 0 Å². The quantitative estimate of drug-likeness (QED) is 0.766. The summed E-state index contributed by atoms with van der Waals surface area (Å²) in [6.07, 6.45) is 8.08. The molecule has 15 heavy (non-hydrogen) atoms. The van der Waals surface area contributed by atoms with E-state index in [0.29, 0.717) is 11.9 Å². The lowest BCUT2D eigenvalue weighted by atomic mass is 10.0. The fourth-order valence-electron chi connectivity index (χ4n) is 2.59. The van der Waals surface area contributed by atoms with Crippen LogP contribution in [-0.4, -0.2) is 36.5 Å². The summed E-state index contributed by atoms with van der Waals surface area (Å²) in [7, 11) is 0. The van der Waals surface area contributed by atoms with Crippen LogP contribution in [-0.2, 0) is 4.79 Å². The summed E-state index contributed by atoms with van der Waals surface area (Å²) >= 11 is 0. The molecule has 2 rings (SSSR count). The smallest absolute Gasteiger partial charge is 0.222 e. The van der Waals surface area contributed by atoms with Gasteiger partial charge in [0.1, 0.15) is 0 Å². The van der Waals surface area contributed by atoms with Crippen molar-refractivity contribution in [2.75, 3.05) is 19.6 Å². The Morgan fingerprint density at radius 1 is 1.20 bits per heavy atom. The Labute approximate surface area is 92.2 Å². The van der Waals surface area contributed by atoms with Crippen LogP contribution in [0.4, 0.5) is 0 Å². The van der Waals surface area contributed by atoms with Crippen molar-refractivity contribution in [3.05, 3.63) is 0 Å². The lowest BCUT2D eigenvalue weighted by molar-refractivity contribution is -0.130. The Bertz CT molecular complexity index is 206. The van der Waals surface area contributed by atoms with Crippen LogP contribution in [0.15, 0.2) is 0 Å². The minimum Gasteiger partial charge on any atom is -0.343 e. The first-order chi connectivity index (χ1) is 7.36. The second-order valence-electron chi connectivity index (χ2n) is 4.77. The molecule has 0 aromatic carbocycles. The Hall–Kier alpha value is -0.570. The third kappa shape index (κ3) is 3.20. The number of amides is 1. The van der Waals surface area contributed by atoms with E-state index in [2.05, 4.69) is 5.32 Å². The standard InChI is InChI=1S/C12H22N2O/c15-12(14-9-3-4-10-14)7-6-11-5-1-2-8-13-11/h11,13H,1-10H2/t11-/m1/s1. The summed E-state index contributed by atoms with van der Waals surface area (Å²) in [4.78, 5) is 13.8. The zero-order chi connectivity index (χ0) is 10.5. The molecule has 0 spiro atoms. The molecule has 1 N–H and O–H groups in total. The van der Waals surface area contributed by atoms with Crippen molar-refractivity contribution in [1.29, 1.82) is 0 Å². The van der Waals surface area contributed by atoms with Gasteiger partial charge in [0, 0.05) is 25.6 Å². The zero-order valence-corrected chi connectivity index (χ0v) is 9.50. The van der Waals surface area contributed by atoms with Gasteiger partial charge in [-0.05, 0) is 38.6 Å². The van der Waals surface area contributed by atoms with Crippen LogP contribution in [0.5, 0.6) is 0 Å². The SMILES string of the molecule is O=C(CC[C@H]1CCCCN1)N1CCCC1. The first-order valence-corrected chi connectivity index (χ1v) is 6.37. The summed E-state index contributed by atoms with van der Waals surface area (Å²) in [6.45, 7) is 3.14.